The average molecular weight is 390 g/mol. The fourth-order valence-electron chi connectivity index (χ4n) is 2.80. The lowest BCUT2D eigenvalue weighted by Gasteiger charge is -2.09. The van der Waals surface area contributed by atoms with Crippen LogP contribution >= 0.6 is 15.9 Å². The molecule has 0 fully saturated rings. The molecule has 24 heavy (non-hydrogen) atoms. The van der Waals surface area contributed by atoms with Crippen molar-refractivity contribution in [3.05, 3.63) is 51.1 Å². The van der Waals surface area contributed by atoms with E-state index >= 15 is 0 Å². The van der Waals surface area contributed by atoms with Gasteiger partial charge in [0.2, 0.25) is 0 Å². The Morgan fingerprint density at radius 3 is 2.62 bits per heavy atom. The van der Waals surface area contributed by atoms with Gasteiger partial charge in [-0.2, -0.15) is 0 Å². The molecule has 1 aromatic heterocycles. The summed E-state index contributed by atoms with van der Waals surface area (Å²) in [6.07, 6.45) is 0.351. The minimum atomic E-state index is -0.401. The second kappa shape index (κ2) is 6.36. The van der Waals surface area contributed by atoms with Crippen LogP contribution in [0.3, 0.4) is 0 Å². The minimum absolute atomic E-state index is 0.175. The number of carbonyl (C=O) groups is 2. The smallest absolute Gasteiger partial charge is 0.338 e. The quantitative estimate of drug-likeness (QED) is 0.503. The number of carbonyl (C=O) groups excluding carboxylic acids is 2. The standard InChI is InChI=1S/C18H16BrNO4/c1-9(2)24-17(21)10-4-5-12-11(6-10)7-13-14(18(22)23-3)8-15(19)20-16(12)13/h4-6,8-9H,7H2,1-3H3. The van der Waals surface area contributed by atoms with Crippen LogP contribution in [0.1, 0.15) is 45.7 Å². The lowest BCUT2D eigenvalue weighted by atomic mass is 10.1. The molecule has 0 aliphatic heterocycles. The molecule has 0 amide bonds. The van der Waals surface area contributed by atoms with Gasteiger partial charge in [-0.3, -0.25) is 0 Å². The van der Waals surface area contributed by atoms with E-state index in [1.807, 2.05) is 19.9 Å². The lowest BCUT2D eigenvalue weighted by Crippen LogP contribution is -2.11. The molecule has 3 rings (SSSR count). The number of rotatable bonds is 3. The van der Waals surface area contributed by atoms with Crippen LogP contribution in [0, 0.1) is 0 Å². The maximum absolute atomic E-state index is 12.1. The number of hydrogen-bond acceptors (Lipinski definition) is 5. The van der Waals surface area contributed by atoms with Gasteiger partial charge in [0.25, 0.3) is 0 Å². The van der Waals surface area contributed by atoms with E-state index in [9.17, 15) is 9.59 Å². The summed E-state index contributed by atoms with van der Waals surface area (Å²) in [4.78, 5) is 28.6. The number of ether oxygens (including phenoxy) is 2. The Bertz CT molecular complexity index is 845. The first kappa shape index (κ1) is 16.6. The monoisotopic (exact) mass is 389 g/mol. The maximum atomic E-state index is 12.1. The van der Waals surface area contributed by atoms with Crippen molar-refractivity contribution in [2.75, 3.05) is 7.11 Å². The Labute approximate surface area is 148 Å². The van der Waals surface area contributed by atoms with E-state index in [0.717, 1.165) is 22.4 Å². The zero-order valence-electron chi connectivity index (χ0n) is 13.6. The molecule has 0 unspecified atom stereocenters. The summed E-state index contributed by atoms with van der Waals surface area (Å²) in [6.45, 7) is 3.62. The van der Waals surface area contributed by atoms with Crippen molar-refractivity contribution in [2.24, 2.45) is 0 Å². The van der Waals surface area contributed by atoms with E-state index in [2.05, 4.69) is 20.9 Å². The number of benzene rings is 1. The molecule has 1 aliphatic carbocycles. The number of aromatic nitrogens is 1. The number of halogens is 1. The van der Waals surface area contributed by atoms with Crippen molar-refractivity contribution in [3.63, 3.8) is 0 Å². The molecule has 0 saturated carbocycles. The van der Waals surface area contributed by atoms with E-state index in [4.69, 9.17) is 9.47 Å². The Kier molecular flexibility index (Phi) is 4.41. The fourth-order valence-corrected chi connectivity index (χ4v) is 3.21. The predicted molar refractivity (Wildman–Crippen MR) is 92.1 cm³/mol. The van der Waals surface area contributed by atoms with E-state index in [1.54, 1.807) is 18.2 Å². The van der Waals surface area contributed by atoms with Gasteiger partial charge in [-0.25, -0.2) is 14.6 Å². The molecule has 0 N–H and O–H groups in total. The Morgan fingerprint density at radius 2 is 1.96 bits per heavy atom. The number of nitrogens with zero attached hydrogens (tertiary/aromatic N) is 1. The van der Waals surface area contributed by atoms with Crippen molar-refractivity contribution < 1.29 is 19.1 Å². The molecule has 5 nitrogen and oxygen atoms in total. The number of methoxy groups -OCH3 is 1. The summed E-state index contributed by atoms with van der Waals surface area (Å²) < 4.78 is 10.7. The van der Waals surface area contributed by atoms with Crippen LogP contribution in [0.4, 0.5) is 0 Å². The third-order valence-corrected chi connectivity index (χ3v) is 4.21. The highest BCUT2D eigenvalue weighted by Crippen LogP contribution is 2.38. The highest BCUT2D eigenvalue weighted by atomic mass is 79.9. The van der Waals surface area contributed by atoms with E-state index in [0.29, 0.717) is 22.2 Å². The highest BCUT2D eigenvalue weighted by molar-refractivity contribution is 9.10. The Balaban J connectivity index is 2.04. The van der Waals surface area contributed by atoms with Gasteiger partial charge >= 0.3 is 11.9 Å². The SMILES string of the molecule is COC(=O)c1cc(Br)nc2c1Cc1cc(C(=O)OC(C)C)ccc1-2. The van der Waals surface area contributed by atoms with Crippen LogP contribution in [0.25, 0.3) is 11.3 Å². The Morgan fingerprint density at radius 1 is 1.21 bits per heavy atom. The fraction of sp³-hybridized carbons (Fsp3) is 0.278. The van der Waals surface area contributed by atoms with Crippen LogP contribution in [0.5, 0.6) is 0 Å². The molecular weight excluding hydrogens is 374 g/mol. The van der Waals surface area contributed by atoms with E-state index in [1.165, 1.54) is 7.11 Å². The van der Waals surface area contributed by atoms with Gasteiger partial charge in [-0.1, -0.05) is 6.07 Å². The van der Waals surface area contributed by atoms with Gasteiger partial charge in [-0.15, -0.1) is 0 Å². The first-order valence-corrected chi connectivity index (χ1v) is 8.32. The summed E-state index contributed by atoms with van der Waals surface area (Å²) in [6, 6.07) is 7.03. The minimum Gasteiger partial charge on any atom is -0.465 e. The maximum Gasteiger partial charge on any atom is 0.338 e. The summed E-state index contributed by atoms with van der Waals surface area (Å²) in [5, 5.41) is 0. The average Bonchev–Trinajstić information content (AvgIpc) is 2.90. The molecule has 0 saturated heterocycles. The largest absolute Gasteiger partial charge is 0.465 e. The molecule has 0 bridgehead atoms. The second-order valence-corrected chi connectivity index (χ2v) is 6.63. The van der Waals surface area contributed by atoms with Crippen LogP contribution in [0.2, 0.25) is 0 Å². The van der Waals surface area contributed by atoms with E-state index in [-0.39, 0.29) is 12.1 Å². The molecule has 1 aliphatic rings. The molecule has 6 heteroatoms. The topological polar surface area (TPSA) is 65.5 Å². The van der Waals surface area contributed by atoms with Gasteiger partial charge in [0.1, 0.15) is 4.60 Å². The second-order valence-electron chi connectivity index (χ2n) is 5.81. The van der Waals surface area contributed by atoms with Gasteiger partial charge < -0.3 is 9.47 Å². The van der Waals surface area contributed by atoms with Crippen molar-refractivity contribution in [1.82, 2.24) is 4.98 Å². The first-order chi connectivity index (χ1) is 11.4. The molecule has 2 aromatic rings. The molecule has 1 heterocycles. The zero-order valence-corrected chi connectivity index (χ0v) is 15.1. The molecular formula is C18H16BrNO4. The third kappa shape index (κ3) is 2.94. The van der Waals surface area contributed by atoms with Crippen molar-refractivity contribution in [3.8, 4) is 11.3 Å². The van der Waals surface area contributed by atoms with Gasteiger partial charge in [0.05, 0.1) is 30.0 Å². The van der Waals surface area contributed by atoms with Crippen molar-refractivity contribution >= 4 is 27.9 Å². The third-order valence-electron chi connectivity index (χ3n) is 3.80. The molecule has 0 spiro atoms. The van der Waals surface area contributed by atoms with Crippen LogP contribution < -0.4 is 0 Å². The summed E-state index contributed by atoms with van der Waals surface area (Å²) in [5.74, 6) is -0.757. The number of pyridine rings is 1. The molecule has 124 valence electrons. The normalized spacial score (nSPS) is 11.9. The summed E-state index contributed by atoms with van der Waals surface area (Å²) in [7, 11) is 1.35. The Hall–Kier alpha value is -2.21. The van der Waals surface area contributed by atoms with Gasteiger partial charge in [0.15, 0.2) is 0 Å². The summed E-state index contributed by atoms with van der Waals surface area (Å²) >= 11 is 3.34. The van der Waals surface area contributed by atoms with Crippen LogP contribution in [-0.2, 0) is 15.9 Å². The van der Waals surface area contributed by atoms with Gasteiger partial charge in [0, 0.05) is 12.0 Å². The van der Waals surface area contributed by atoms with Crippen LogP contribution in [0.15, 0.2) is 28.9 Å². The molecule has 1 aromatic carbocycles. The number of hydrogen-bond donors (Lipinski definition) is 0. The van der Waals surface area contributed by atoms with Gasteiger partial charge in [-0.05, 0) is 59.1 Å². The first-order valence-electron chi connectivity index (χ1n) is 7.52. The van der Waals surface area contributed by atoms with Crippen LogP contribution in [-0.4, -0.2) is 30.1 Å². The zero-order chi connectivity index (χ0) is 17.4. The lowest BCUT2D eigenvalue weighted by molar-refractivity contribution is 0.0377. The van der Waals surface area contributed by atoms with Crippen molar-refractivity contribution in [1.29, 1.82) is 0 Å². The number of fused-ring (bicyclic) bond motifs is 3. The molecule has 0 atom stereocenters. The highest BCUT2D eigenvalue weighted by Gasteiger charge is 2.27. The van der Waals surface area contributed by atoms with Crippen molar-refractivity contribution in [2.45, 2.75) is 26.4 Å². The number of esters is 2. The predicted octanol–water partition coefficient (Wildman–Crippen LogP) is 3.77. The summed E-state index contributed by atoms with van der Waals surface area (Å²) in [5.41, 5.74) is 4.39. The molecule has 0 radical (unpaired) electrons. The van der Waals surface area contributed by atoms with E-state index < -0.39 is 5.97 Å².